The molecule has 18 heavy (non-hydrogen) atoms. The van der Waals surface area contributed by atoms with E-state index in [4.69, 9.17) is 0 Å². The monoisotopic (exact) mass is 242 g/mol. The third-order valence-electron chi connectivity index (χ3n) is 2.85. The third kappa shape index (κ3) is 2.97. The van der Waals surface area contributed by atoms with E-state index in [1.54, 1.807) is 18.5 Å². The van der Waals surface area contributed by atoms with Gasteiger partial charge in [-0.15, -0.1) is 0 Å². The summed E-state index contributed by atoms with van der Waals surface area (Å²) in [4.78, 5) is 10.5. The Hall–Kier alpha value is -2.10. The quantitative estimate of drug-likeness (QED) is 0.894. The summed E-state index contributed by atoms with van der Waals surface area (Å²) in [5, 5.41) is 3.19. The average molecular weight is 242 g/mol. The Morgan fingerprint density at radius 2 is 1.83 bits per heavy atom. The van der Waals surface area contributed by atoms with Crippen LogP contribution >= 0.6 is 0 Å². The fraction of sp³-hybridized carbons (Fsp3) is 0.286. The van der Waals surface area contributed by atoms with E-state index in [1.807, 2.05) is 12.1 Å². The highest BCUT2D eigenvalue weighted by atomic mass is 15.1. The van der Waals surface area contributed by atoms with Gasteiger partial charge in [-0.1, -0.05) is 6.07 Å². The average Bonchev–Trinajstić information content (AvgIpc) is 2.39. The number of anilines is 3. The molecule has 0 fully saturated rings. The van der Waals surface area contributed by atoms with Gasteiger partial charge in [-0.25, -0.2) is 9.97 Å². The van der Waals surface area contributed by atoms with Crippen LogP contribution in [0.3, 0.4) is 0 Å². The second kappa shape index (κ2) is 5.49. The Labute approximate surface area is 108 Å². The van der Waals surface area contributed by atoms with E-state index >= 15 is 0 Å². The minimum atomic E-state index is 0.466. The van der Waals surface area contributed by atoms with Crippen LogP contribution in [0.15, 0.2) is 42.7 Å². The smallest absolute Gasteiger partial charge is 0.227 e. The number of hydrogen-bond donors (Lipinski definition) is 1. The van der Waals surface area contributed by atoms with Crippen molar-refractivity contribution in [2.24, 2.45) is 0 Å². The van der Waals surface area contributed by atoms with Crippen LogP contribution in [0.1, 0.15) is 13.8 Å². The minimum absolute atomic E-state index is 0.466. The molecule has 0 unspecified atom stereocenters. The maximum Gasteiger partial charge on any atom is 0.227 e. The standard InChI is InChI=1S/C14H18N4/c1-11(2)18(3)13-7-4-6-12(10-13)17-14-15-8-5-9-16-14/h4-11H,1-3H3,(H,15,16,17). The van der Waals surface area contributed by atoms with Crippen molar-refractivity contribution >= 4 is 17.3 Å². The summed E-state index contributed by atoms with van der Waals surface area (Å²) in [6, 6.07) is 10.5. The first-order valence-corrected chi connectivity index (χ1v) is 6.04. The van der Waals surface area contributed by atoms with Crippen molar-refractivity contribution in [3.63, 3.8) is 0 Å². The molecule has 0 aliphatic rings. The predicted octanol–water partition coefficient (Wildman–Crippen LogP) is 3.06. The molecule has 1 aromatic heterocycles. The first-order chi connectivity index (χ1) is 8.66. The summed E-state index contributed by atoms with van der Waals surface area (Å²) in [6.45, 7) is 4.33. The minimum Gasteiger partial charge on any atom is -0.372 e. The molecule has 94 valence electrons. The highest BCUT2D eigenvalue weighted by Crippen LogP contribution is 2.21. The summed E-state index contributed by atoms with van der Waals surface area (Å²) >= 11 is 0. The number of nitrogens with zero attached hydrogens (tertiary/aromatic N) is 3. The molecular weight excluding hydrogens is 224 g/mol. The molecule has 0 radical (unpaired) electrons. The van der Waals surface area contributed by atoms with Crippen molar-refractivity contribution < 1.29 is 0 Å². The second-order valence-corrected chi connectivity index (χ2v) is 4.45. The van der Waals surface area contributed by atoms with E-state index in [1.165, 1.54) is 5.69 Å². The lowest BCUT2D eigenvalue weighted by molar-refractivity contribution is 0.755. The van der Waals surface area contributed by atoms with E-state index in [9.17, 15) is 0 Å². The first-order valence-electron chi connectivity index (χ1n) is 6.04. The molecular formula is C14H18N4. The zero-order valence-electron chi connectivity index (χ0n) is 11.0. The van der Waals surface area contributed by atoms with Crippen LogP contribution in [0, 0.1) is 0 Å². The lowest BCUT2D eigenvalue weighted by Gasteiger charge is -2.24. The summed E-state index contributed by atoms with van der Waals surface area (Å²) in [7, 11) is 2.09. The fourth-order valence-electron chi connectivity index (χ4n) is 1.59. The number of hydrogen-bond acceptors (Lipinski definition) is 4. The van der Waals surface area contributed by atoms with Gasteiger partial charge >= 0.3 is 0 Å². The maximum absolute atomic E-state index is 4.15. The van der Waals surface area contributed by atoms with Gasteiger partial charge in [0.15, 0.2) is 0 Å². The summed E-state index contributed by atoms with van der Waals surface area (Å²) in [5.41, 5.74) is 2.16. The molecule has 4 heteroatoms. The zero-order chi connectivity index (χ0) is 13.0. The van der Waals surface area contributed by atoms with Gasteiger partial charge < -0.3 is 10.2 Å². The van der Waals surface area contributed by atoms with Crippen LogP contribution in [0.5, 0.6) is 0 Å². The molecule has 1 N–H and O–H groups in total. The van der Waals surface area contributed by atoms with E-state index in [0.717, 1.165) is 5.69 Å². The third-order valence-corrected chi connectivity index (χ3v) is 2.85. The molecule has 0 saturated heterocycles. The van der Waals surface area contributed by atoms with Crippen molar-refractivity contribution in [3.8, 4) is 0 Å². The summed E-state index contributed by atoms with van der Waals surface area (Å²) in [5.74, 6) is 0.613. The largest absolute Gasteiger partial charge is 0.372 e. The van der Waals surface area contributed by atoms with Crippen molar-refractivity contribution in [1.82, 2.24) is 9.97 Å². The SMILES string of the molecule is CC(C)N(C)c1cccc(Nc2ncccn2)c1. The fourth-order valence-corrected chi connectivity index (χ4v) is 1.59. The lowest BCUT2D eigenvalue weighted by Crippen LogP contribution is -2.25. The second-order valence-electron chi connectivity index (χ2n) is 4.45. The molecule has 0 saturated carbocycles. The molecule has 0 spiro atoms. The highest BCUT2D eigenvalue weighted by Gasteiger charge is 2.05. The predicted molar refractivity (Wildman–Crippen MR) is 75.3 cm³/mol. The van der Waals surface area contributed by atoms with Crippen LogP contribution in [0.4, 0.5) is 17.3 Å². The Balaban J connectivity index is 2.18. The van der Waals surface area contributed by atoms with E-state index in [2.05, 4.69) is 53.2 Å². The van der Waals surface area contributed by atoms with Gasteiger partial charge in [0, 0.05) is 36.9 Å². The van der Waals surface area contributed by atoms with E-state index < -0.39 is 0 Å². The molecule has 0 aliphatic carbocycles. The molecule has 0 atom stereocenters. The Morgan fingerprint density at radius 3 is 2.50 bits per heavy atom. The Bertz CT molecular complexity index is 496. The topological polar surface area (TPSA) is 41.0 Å². The highest BCUT2D eigenvalue weighted by molar-refractivity contribution is 5.61. The Morgan fingerprint density at radius 1 is 1.11 bits per heavy atom. The van der Waals surface area contributed by atoms with Crippen molar-refractivity contribution in [1.29, 1.82) is 0 Å². The van der Waals surface area contributed by atoms with E-state index in [0.29, 0.717) is 12.0 Å². The molecule has 0 bridgehead atoms. The van der Waals surface area contributed by atoms with Gasteiger partial charge in [0.2, 0.25) is 5.95 Å². The molecule has 0 amide bonds. The van der Waals surface area contributed by atoms with Crippen molar-refractivity contribution in [2.75, 3.05) is 17.3 Å². The van der Waals surface area contributed by atoms with Crippen LogP contribution in [-0.2, 0) is 0 Å². The normalized spacial score (nSPS) is 10.4. The number of nitrogens with one attached hydrogen (secondary N) is 1. The molecule has 1 aromatic carbocycles. The van der Waals surface area contributed by atoms with Gasteiger partial charge in [0.25, 0.3) is 0 Å². The van der Waals surface area contributed by atoms with E-state index in [-0.39, 0.29) is 0 Å². The molecule has 0 aliphatic heterocycles. The Kier molecular flexibility index (Phi) is 3.77. The number of rotatable bonds is 4. The maximum atomic E-state index is 4.15. The molecule has 2 rings (SSSR count). The van der Waals surface area contributed by atoms with Gasteiger partial charge in [0.05, 0.1) is 0 Å². The first kappa shape index (κ1) is 12.4. The lowest BCUT2D eigenvalue weighted by atomic mass is 10.2. The molecule has 1 heterocycles. The van der Waals surface area contributed by atoms with Crippen LogP contribution in [-0.4, -0.2) is 23.1 Å². The number of benzene rings is 1. The van der Waals surface area contributed by atoms with Crippen LogP contribution in [0.25, 0.3) is 0 Å². The van der Waals surface area contributed by atoms with Crippen molar-refractivity contribution in [2.45, 2.75) is 19.9 Å². The van der Waals surface area contributed by atoms with Gasteiger partial charge in [-0.3, -0.25) is 0 Å². The van der Waals surface area contributed by atoms with Crippen LogP contribution < -0.4 is 10.2 Å². The van der Waals surface area contributed by atoms with Crippen LogP contribution in [0.2, 0.25) is 0 Å². The van der Waals surface area contributed by atoms with Crippen molar-refractivity contribution in [3.05, 3.63) is 42.7 Å². The summed E-state index contributed by atoms with van der Waals surface area (Å²) in [6.07, 6.45) is 3.44. The van der Waals surface area contributed by atoms with Gasteiger partial charge in [-0.05, 0) is 38.1 Å². The molecule has 4 nitrogen and oxygen atoms in total. The summed E-state index contributed by atoms with van der Waals surface area (Å²) < 4.78 is 0. The van der Waals surface area contributed by atoms with Gasteiger partial charge in [-0.2, -0.15) is 0 Å². The van der Waals surface area contributed by atoms with Gasteiger partial charge in [0.1, 0.15) is 0 Å². The zero-order valence-corrected chi connectivity index (χ0v) is 11.0. The molecule has 2 aromatic rings. The number of aromatic nitrogens is 2.